The largest absolute Gasteiger partial charge is 0.496 e. The standard InChI is InChI=1S/C15H24N2O2/c1-11(2)15(3,10-16)17-14(18)9-12-7-5-6-8-13(12)19-4/h5-8,11H,9-10,16H2,1-4H3,(H,17,18). The molecule has 1 unspecified atom stereocenters. The van der Waals surface area contributed by atoms with Crippen LogP contribution in [-0.4, -0.2) is 25.1 Å². The van der Waals surface area contributed by atoms with Gasteiger partial charge in [0.2, 0.25) is 5.91 Å². The molecule has 1 aromatic rings. The summed E-state index contributed by atoms with van der Waals surface area (Å²) in [5, 5.41) is 3.02. The molecule has 3 N–H and O–H groups in total. The van der Waals surface area contributed by atoms with Crippen molar-refractivity contribution in [2.75, 3.05) is 13.7 Å². The van der Waals surface area contributed by atoms with Gasteiger partial charge in [0.25, 0.3) is 0 Å². The second-order valence-corrected chi connectivity index (χ2v) is 5.31. The molecule has 0 aliphatic carbocycles. The van der Waals surface area contributed by atoms with E-state index in [1.54, 1.807) is 7.11 Å². The van der Waals surface area contributed by atoms with Crippen LogP contribution in [0.15, 0.2) is 24.3 Å². The Labute approximate surface area is 115 Å². The van der Waals surface area contributed by atoms with Crippen molar-refractivity contribution in [3.05, 3.63) is 29.8 Å². The predicted octanol–water partition coefficient (Wildman–Crippen LogP) is 1.73. The number of hydrogen-bond acceptors (Lipinski definition) is 3. The fourth-order valence-electron chi connectivity index (χ4n) is 1.82. The number of rotatable bonds is 6. The van der Waals surface area contributed by atoms with Gasteiger partial charge in [0.05, 0.1) is 19.1 Å². The molecule has 0 bridgehead atoms. The maximum atomic E-state index is 12.1. The number of carbonyl (C=O) groups excluding carboxylic acids is 1. The second-order valence-electron chi connectivity index (χ2n) is 5.31. The van der Waals surface area contributed by atoms with Gasteiger partial charge in [-0.15, -0.1) is 0 Å². The van der Waals surface area contributed by atoms with E-state index in [1.165, 1.54) is 0 Å². The normalized spacial score (nSPS) is 14.0. The van der Waals surface area contributed by atoms with Crippen molar-refractivity contribution < 1.29 is 9.53 Å². The zero-order chi connectivity index (χ0) is 14.5. The first-order chi connectivity index (χ1) is 8.92. The molecule has 1 atom stereocenters. The first-order valence-electron chi connectivity index (χ1n) is 6.56. The number of para-hydroxylation sites is 1. The van der Waals surface area contributed by atoms with E-state index in [4.69, 9.17) is 10.5 Å². The number of amides is 1. The molecule has 0 aromatic heterocycles. The molecule has 4 nitrogen and oxygen atoms in total. The van der Waals surface area contributed by atoms with Crippen LogP contribution in [0, 0.1) is 5.92 Å². The third kappa shape index (κ3) is 3.96. The molecule has 0 fully saturated rings. The SMILES string of the molecule is COc1ccccc1CC(=O)NC(C)(CN)C(C)C. The van der Waals surface area contributed by atoms with Crippen LogP contribution in [0.25, 0.3) is 0 Å². The molecule has 0 aliphatic heterocycles. The van der Waals surface area contributed by atoms with Crippen molar-refractivity contribution in [1.29, 1.82) is 0 Å². The number of benzene rings is 1. The summed E-state index contributed by atoms with van der Waals surface area (Å²) in [5.74, 6) is 0.974. The molecule has 1 rings (SSSR count). The minimum Gasteiger partial charge on any atom is -0.496 e. The second kappa shape index (κ2) is 6.57. The Morgan fingerprint density at radius 3 is 2.58 bits per heavy atom. The number of ether oxygens (including phenoxy) is 1. The smallest absolute Gasteiger partial charge is 0.225 e. The lowest BCUT2D eigenvalue weighted by molar-refractivity contribution is -0.122. The Hall–Kier alpha value is -1.55. The molecular formula is C15H24N2O2. The van der Waals surface area contributed by atoms with Gasteiger partial charge < -0.3 is 15.8 Å². The van der Waals surface area contributed by atoms with Crippen molar-refractivity contribution in [3.63, 3.8) is 0 Å². The van der Waals surface area contributed by atoms with Crippen LogP contribution in [0.3, 0.4) is 0 Å². The van der Waals surface area contributed by atoms with Crippen LogP contribution in [0.2, 0.25) is 0 Å². The molecular weight excluding hydrogens is 240 g/mol. The zero-order valence-electron chi connectivity index (χ0n) is 12.2. The van der Waals surface area contributed by atoms with Gasteiger partial charge in [-0.1, -0.05) is 32.0 Å². The molecule has 0 aliphatic rings. The van der Waals surface area contributed by atoms with Crippen LogP contribution in [0.1, 0.15) is 26.3 Å². The van der Waals surface area contributed by atoms with E-state index >= 15 is 0 Å². The van der Waals surface area contributed by atoms with E-state index < -0.39 is 0 Å². The van der Waals surface area contributed by atoms with E-state index in [9.17, 15) is 4.79 Å². The highest BCUT2D eigenvalue weighted by molar-refractivity contribution is 5.80. The Morgan fingerprint density at radius 2 is 2.05 bits per heavy atom. The first-order valence-corrected chi connectivity index (χ1v) is 6.56. The van der Waals surface area contributed by atoms with Crippen molar-refractivity contribution in [2.24, 2.45) is 11.7 Å². The van der Waals surface area contributed by atoms with Gasteiger partial charge in [0.1, 0.15) is 5.75 Å². The predicted molar refractivity (Wildman–Crippen MR) is 77.1 cm³/mol. The van der Waals surface area contributed by atoms with Crippen molar-refractivity contribution in [3.8, 4) is 5.75 Å². The van der Waals surface area contributed by atoms with Crippen molar-refractivity contribution in [1.82, 2.24) is 5.32 Å². The van der Waals surface area contributed by atoms with Gasteiger partial charge in [0, 0.05) is 12.1 Å². The number of methoxy groups -OCH3 is 1. The van der Waals surface area contributed by atoms with Gasteiger partial charge in [-0.05, 0) is 18.9 Å². The van der Waals surface area contributed by atoms with Crippen LogP contribution >= 0.6 is 0 Å². The molecule has 1 aromatic carbocycles. The summed E-state index contributed by atoms with van der Waals surface area (Å²) >= 11 is 0. The van der Waals surface area contributed by atoms with Crippen LogP contribution in [0.4, 0.5) is 0 Å². The summed E-state index contributed by atoms with van der Waals surface area (Å²) in [4.78, 5) is 12.1. The molecule has 0 saturated heterocycles. The average molecular weight is 264 g/mol. The third-order valence-corrected chi connectivity index (χ3v) is 3.67. The quantitative estimate of drug-likeness (QED) is 0.822. The summed E-state index contributed by atoms with van der Waals surface area (Å²) in [6.07, 6.45) is 0.298. The summed E-state index contributed by atoms with van der Waals surface area (Å²) in [7, 11) is 1.61. The Morgan fingerprint density at radius 1 is 1.42 bits per heavy atom. The molecule has 0 saturated carbocycles. The van der Waals surface area contributed by atoms with E-state index in [2.05, 4.69) is 19.2 Å². The lowest BCUT2D eigenvalue weighted by atomic mass is 9.88. The minimum absolute atomic E-state index is 0.0360. The lowest BCUT2D eigenvalue weighted by Crippen LogP contribution is -2.55. The fraction of sp³-hybridized carbons (Fsp3) is 0.533. The summed E-state index contributed by atoms with van der Waals surface area (Å²) in [5.41, 5.74) is 6.27. The molecule has 1 amide bonds. The Bertz CT molecular complexity index is 432. The van der Waals surface area contributed by atoms with Crippen LogP contribution in [0.5, 0.6) is 5.75 Å². The van der Waals surface area contributed by atoms with E-state index in [0.717, 1.165) is 11.3 Å². The van der Waals surface area contributed by atoms with Crippen molar-refractivity contribution >= 4 is 5.91 Å². The Balaban J connectivity index is 2.75. The van der Waals surface area contributed by atoms with E-state index in [0.29, 0.717) is 13.0 Å². The molecule has 106 valence electrons. The third-order valence-electron chi connectivity index (χ3n) is 3.67. The topological polar surface area (TPSA) is 64.3 Å². The molecule has 0 spiro atoms. The van der Waals surface area contributed by atoms with E-state index in [1.807, 2.05) is 31.2 Å². The highest BCUT2D eigenvalue weighted by Crippen LogP contribution is 2.19. The Kier molecular flexibility index (Phi) is 5.36. The molecule has 0 radical (unpaired) electrons. The fourth-order valence-corrected chi connectivity index (χ4v) is 1.82. The monoisotopic (exact) mass is 264 g/mol. The van der Waals surface area contributed by atoms with E-state index in [-0.39, 0.29) is 17.4 Å². The van der Waals surface area contributed by atoms with Gasteiger partial charge in [0.15, 0.2) is 0 Å². The highest BCUT2D eigenvalue weighted by atomic mass is 16.5. The zero-order valence-corrected chi connectivity index (χ0v) is 12.2. The van der Waals surface area contributed by atoms with Crippen molar-refractivity contribution in [2.45, 2.75) is 32.7 Å². The van der Waals surface area contributed by atoms with Gasteiger partial charge in [-0.3, -0.25) is 4.79 Å². The summed E-state index contributed by atoms with van der Waals surface area (Å²) in [6.45, 7) is 6.49. The number of carbonyl (C=O) groups is 1. The summed E-state index contributed by atoms with van der Waals surface area (Å²) in [6, 6.07) is 7.54. The lowest BCUT2D eigenvalue weighted by Gasteiger charge is -2.33. The van der Waals surface area contributed by atoms with Crippen LogP contribution < -0.4 is 15.8 Å². The molecule has 0 heterocycles. The van der Waals surface area contributed by atoms with Gasteiger partial charge >= 0.3 is 0 Å². The van der Waals surface area contributed by atoms with Gasteiger partial charge in [-0.2, -0.15) is 0 Å². The molecule has 4 heteroatoms. The molecule has 19 heavy (non-hydrogen) atoms. The maximum absolute atomic E-state index is 12.1. The minimum atomic E-state index is -0.376. The van der Waals surface area contributed by atoms with Crippen LogP contribution in [-0.2, 0) is 11.2 Å². The number of nitrogens with two attached hydrogens (primary N) is 1. The summed E-state index contributed by atoms with van der Waals surface area (Å²) < 4.78 is 5.25. The average Bonchev–Trinajstić information content (AvgIpc) is 2.38. The maximum Gasteiger partial charge on any atom is 0.225 e. The number of hydrogen-bond donors (Lipinski definition) is 2. The van der Waals surface area contributed by atoms with Gasteiger partial charge in [-0.25, -0.2) is 0 Å². The highest BCUT2D eigenvalue weighted by Gasteiger charge is 2.28. The number of nitrogens with one attached hydrogen (secondary N) is 1. The first kappa shape index (κ1) is 15.5.